The molecule has 1 aromatic carbocycles. The van der Waals surface area contributed by atoms with E-state index in [2.05, 4.69) is 0 Å². The summed E-state index contributed by atoms with van der Waals surface area (Å²) in [4.78, 5) is 0. The monoisotopic (exact) mass is 240 g/mol. The number of rotatable bonds is 6. The molecule has 0 spiro atoms. The van der Waals surface area contributed by atoms with E-state index >= 15 is 0 Å². The van der Waals surface area contributed by atoms with Crippen molar-refractivity contribution >= 4 is 0 Å². The van der Waals surface area contributed by atoms with Gasteiger partial charge in [0.15, 0.2) is 0 Å². The van der Waals surface area contributed by atoms with Gasteiger partial charge in [-0.05, 0) is 37.1 Å². The molecule has 4 heteroatoms. The van der Waals surface area contributed by atoms with Crippen LogP contribution in [0.4, 0.5) is 0 Å². The van der Waals surface area contributed by atoms with Crippen molar-refractivity contribution in [3.8, 4) is 5.75 Å². The maximum Gasteiger partial charge on any atom is 0.122 e. The quantitative estimate of drug-likeness (QED) is 0.790. The minimum Gasteiger partial charge on any atom is -0.491 e. The Morgan fingerprint density at radius 1 is 1.24 bits per heavy atom. The average molecular weight is 240 g/mol. The molecule has 0 aromatic heterocycles. The Bertz CT molecular complexity index is 349. The second kappa shape index (κ2) is 6.59. The van der Waals surface area contributed by atoms with Gasteiger partial charge in [0.05, 0.1) is 12.7 Å². The summed E-state index contributed by atoms with van der Waals surface area (Å²) in [6, 6.07) is 5.50. The van der Waals surface area contributed by atoms with Crippen molar-refractivity contribution in [2.24, 2.45) is 0 Å². The van der Waals surface area contributed by atoms with E-state index in [1.54, 1.807) is 13.0 Å². The maximum atomic E-state index is 9.45. The number of aryl methyl sites for hydroxylation is 1. The summed E-state index contributed by atoms with van der Waals surface area (Å²) < 4.78 is 10.3. The number of ether oxygens (including phenoxy) is 2. The smallest absolute Gasteiger partial charge is 0.122 e. The van der Waals surface area contributed by atoms with Crippen LogP contribution >= 0.6 is 0 Å². The highest BCUT2D eigenvalue weighted by Gasteiger charge is 2.08. The molecule has 2 atom stereocenters. The third-order valence-electron chi connectivity index (χ3n) is 2.47. The van der Waals surface area contributed by atoms with Crippen molar-refractivity contribution in [2.45, 2.75) is 26.1 Å². The third kappa shape index (κ3) is 4.34. The van der Waals surface area contributed by atoms with Crippen molar-refractivity contribution in [3.63, 3.8) is 0 Å². The molecule has 1 unspecified atom stereocenters. The minimum atomic E-state index is -0.629. The Hall–Kier alpha value is -1.10. The van der Waals surface area contributed by atoms with Gasteiger partial charge in [0, 0.05) is 7.11 Å². The Morgan fingerprint density at radius 3 is 2.47 bits per heavy atom. The van der Waals surface area contributed by atoms with Gasteiger partial charge in [-0.2, -0.15) is 0 Å². The van der Waals surface area contributed by atoms with Gasteiger partial charge in [-0.1, -0.05) is 6.07 Å². The number of hydrogen-bond donors (Lipinski definition) is 2. The lowest BCUT2D eigenvalue weighted by Crippen LogP contribution is -2.22. The molecule has 17 heavy (non-hydrogen) atoms. The first kappa shape index (κ1) is 14.0. The van der Waals surface area contributed by atoms with Gasteiger partial charge in [0.25, 0.3) is 0 Å². The zero-order chi connectivity index (χ0) is 12.8. The SMILES string of the molecule is COCC(O)COc1ccc([C@@H](C)O)cc1C. The second-order valence-electron chi connectivity index (χ2n) is 4.12. The first-order valence-corrected chi connectivity index (χ1v) is 5.63. The molecule has 0 saturated heterocycles. The molecule has 1 rings (SSSR count). The highest BCUT2D eigenvalue weighted by Crippen LogP contribution is 2.22. The summed E-state index contributed by atoms with van der Waals surface area (Å²) in [7, 11) is 1.53. The summed E-state index contributed by atoms with van der Waals surface area (Å²) >= 11 is 0. The lowest BCUT2D eigenvalue weighted by atomic mass is 10.1. The van der Waals surface area contributed by atoms with E-state index in [1.165, 1.54) is 7.11 Å². The Labute approximate surface area is 102 Å². The van der Waals surface area contributed by atoms with Crippen molar-refractivity contribution in [1.29, 1.82) is 0 Å². The van der Waals surface area contributed by atoms with Crippen LogP contribution in [0.5, 0.6) is 5.75 Å². The molecule has 0 amide bonds. The topological polar surface area (TPSA) is 58.9 Å². The van der Waals surface area contributed by atoms with Gasteiger partial charge in [-0.15, -0.1) is 0 Å². The molecule has 0 fully saturated rings. The van der Waals surface area contributed by atoms with Crippen molar-refractivity contribution in [3.05, 3.63) is 29.3 Å². The predicted octanol–water partition coefficient (Wildman–Crippen LogP) is 1.43. The summed E-state index contributed by atoms with van der Waals surface area (Å²) in [5.41, 5.74) is 1.79. The second-order valence-corrected chi connectivity index (χ2v) is 4.12. The number of hydrogen-bond acceptors (Lipinski definition) is 4. The van der Waals surface area contributed by atoms with Gasteiger partial charge in [0.2, 0.25) is 0 Å². The molecule has 0 aliphatic carbocycles. The van der Waals surface area contributed by atoms with Crippen molar-refractivity contribution < 1.29 is 19.7 Å². The van der Waals surface area contributed by atoms with Crippen LogP contribution in [-0.4, -0.2) is 36.6 Å². The van der Waals surface area contributed by atoms with Crippen LogP contribution in [0.1, 0.15) is 24.2 Å². The Morgan fingerprint density at radius 2 is 1.94 bits per heavy atom. The number of benzene rings is 1. The van der Waals surface area contributed by atoms with Crippen molar-refractivity contribution in [2.75, 3.05) is 20.3 Å². The lowest BCUT2D eigenvalue weighted by Gasteiger charge is -2.14. The molecule has 0 aliphatic rings. The van der Waals surface area contributed by atoms with Crippen LogP contribution in [0, 0.1) is 6.92 Å². The van der Waals surface area contributed by atoms with Gasteiger partial charge in [-0.25, -0.2) is 0 Å². The highest BCUT2D eigenvalue weighted by atomic mass is 16.5. The van der Waals surface area contributed by atoms with E-state index in [0.717, 1.165) is 11.1 Å². The number of aliphatic hydroxyl groups is 2. The highest BCUT2D eigenvalue weighted by molar-refractivity contribution is 5.36. The molecule has 1 aromatic rings. The summed E-state index contributed by atoms with van der Waals surface area (Å²) in [5, 5.41) is 18.9. The fourth-order valence-corrected chi connectivity index (χ4v) is 1.52. The lowest BCUT2D eigenvalue weighted by molar-refractivity contribution is 0.0324. The van der Waals surface area contributed by atoms with E-state index in [0.29, 0.717) is 5.75 Å². The van der Waals surface area contributed by atoms with Crippen LogP contribution in [0.15, 0.2) is 18.2 Å². The van der Waals surface area contributed by atoms with Gasteiger partial charge < -0.3 is 19.7 Å². The van der Waals surface area contributed by atoms with E-state index in [-0.39, 0.29) is 13.2 Å². The average Bonchev–Trinajstić information content (AvgIpc) is 2.27. The summed E-state index contributed by atoms with van der Waals surface area (Å²) in [5.74, 6) is 0.713. The molecule has 0 saturated carbocycles. The zero-order valence-electron chi connectivity index (χ0n) is 10.5. The molecule has 0 heterocycles. The van der Waals surface area contributed by atoms with E-state index in [4.69, 9.17) is 9.47 Å². The number of aliphatic hydroxyl groups excluding tert-OH is 2. The van der Waals surface area contributed by atoms with Crippen molar-refractivity contribution in [1.82, 2.24) is 0 Å². The van der Waals surface area contributed by atoms with Gasteiger partial charge in [-0.3, -0.25) is 0 Å². The molecule has 0 aliphatic heterocycles. The van der Waals surface area contributed by atoms with E-state index < -0.39 is 12.2 Å². The van der Waals surface area contributed by atoms with Gasteiger partial charge >= 0.3 is 0 Å². The molecular formula is C13H20O4. The zero-order valence-corrected chi connectivity index (χ0v) is 10.5. The van der Waals surface area contributed by atoms with Crippen LogP contribution < -0.4 is 4.74 Å². The summed E-state index contributed by atoms with van der Waals surface area (Å²) in [6.07, 6.45) is -1.11. The standard InChI is InChI=1S/C13H20O4/c1-9-6-11(10(2)14)4-5-13(9)17-8-12(15)7-16-3/h4-6,10,12,14-15H,7-8H2,1-3H3/t10-,12?/m1/s1. The van der Waals surface area contributed by atoms with Crippen LogP contribution in [0.3, 0.4) is 0 Å². The molecule has 2 N–H and O–H groups in total. The van der Waals surface area contributed by atoms with Gasteiger partial charge in [0.1, 0.15) is 18.5 Å². The van der Waals surface area contributed by atoms with E-state index in [1.807, 2.05) is 19.1 Å². The predicted molar refractivity (Wildman–Crippen MR) is 65.2 cm³/mol. The first-order valence-electron chi connectivity index (χ1n) is 5.63. The molecular weight excluding hydrogens is 220 g/mol. The Balaban J connectivity index is 2.60. The minimum absolute atomic E-state index is 0.197. The summed E-state index contributed by atoms with van der Waals surface area (Å²) in [6.45, 7) is 4.08. The van der Waals surface area contributed by atoms with Crippen LogP contribution in [0.25, 0.3) is 0 Å². The molecule has 96 valence electrons. The molecule has 4 nitrogen and oxygen atoms in total. The van der Waals surface area contributed by atoms with Crippen LogP contribution in [-0.2, 0) is 4.74 Å². The number of methoxy groups -OCH3 is 1. The first-order chi connectivity index (χ1) is 8.04. The maximum absolute atomic E-state index is 9.45. The third-order valence-corrected chi connectivity index (χ3v) is 2.47. The van der Waals surface area contributed by atoms with E-state index in [9.17, 15) is 10.2 Å². The fourth-order valence-electron chi connectivity index (χ4n) is 1.52. The largest absolute Gasteiger partial charge is 0.491 e. The molecule has 0 bridgehead atoms. The normalized spacial score (nSPS) is 14.4. The van der Waals surface area contributed by atoms with Crippen LogP contribution in [0.2, 0.25) is 0 Å². The Kier molecular flexibility index (Phi) is 5.41. The molecule has 0 radical (unpaired) electrons. The fraction of sp³-hybridized carbons (Fsp3) is 0.538.